The first kappa shape index (κ1) is 14.8. The van der Waals surface area contributed by atoms with E-state index in [1.165, 1.54) is 0 Å². The van der Waals surface area contributed by atoms with Gasteiger partial charge < -0.3 is 19.9 Å². The molecule has 0 spiro atoms. The van der Waals surface area contributed by atoms with Crippen molar-refractivity contribution in [3.8, 4) is 0 Å². The summed E-state index contributed by atoms with van der Waals surface area (Å²) in [4.78, 5) is 16.8. The zero-order chi connectivity index (χ0) is 13.7. The van der Waals surface area contributed by atoms with Crippen molar-refractivity contribution in [2.24, 2.45) is 0 Å². The van der Waals surface area contributed by atoms with Crippen molar-refractivity contribution < 1.29 is 9.53 Å². The van der Waals surface area contributed by atoms with Gasteiger partial charge in [0.15, 0.2) is 0 Å². The van der Waals surface area contributed by atoms with E-state index >= 15 is 0 Å². The topological polar surface area (TPSA) is 44.8 Å². The van der Waals surface area contributed by atoms with Crippen molar-refractivity contribution in [2.75, 3.05) is 45.9 Å². The number of hydrogen-bond donors (Lipinski definition) is 1. The summed E-state index contributed by atoms with van der Waals surface area (Å²) in [6.45, 7) is 10.4. The minimum atomic E-state index is -0.126. The maximum atomic E-state index is 12.3. The molecule has 1 amide bonds. The van der Waals surface area contributed by atoms with E-state index in [1.807, 2.05) is 4.90 Å². The van der Waals surface area contributed by atoms with E-state index in [1.54, 1.807) is 0 Å². The van der Waals surface area contributed by atoms with E-state index < -0.39 is 0 Å². The van der Waals surface area contributed by atoms with Gasteiger partial charge in [0.1, 0.15) is 6.04 Å². The van der Waals surface area contributed by atoms with Crippen LogP contribution < -0.4 is 5.32 Å². The van der Waals surface area contributed by atoms with E-state index in [2.05, 4.69) is 24.1 Å². The molecule has 2 heterocycles. The van der Waals surface area contributed by atoms with E-state index in [0.717, 1.165) is 45.6 Å². The van der Waals surface area contributed by atoms with Gasteiger partial charge in [-0.1, -0.05) is 13.8 Å². The molecule has 19 heavy (non-hydrogen) atoms. The molecule has 2 aliphatic heterocycles. The van der Waals surface area contributed by atoms with Gasteiger partial charge in [0, 0.05) is 25.7 Å². The van der Waals surface area contributed by atoms with Crippen LogP contribution in [-0.2, 0) is 9.53 Å². The zero-order valence-corrected chi connectivity index (χ0v) is 12.2. The van der Waals surface area contributed by atoms with Crippen LogP contribution in [0.3, 0.4) is 0 Å². The van der Waals surface area contributed by atoms with Gasteiger partial charge in [0.2, 0.25) is 5.91 Å². The number of nitrogens with one attached hydrogen (secondary N) is 1. The molecule has 0 radical (unpaired) electrons. The fourth-order valence-corrected chi connectivity index (χ4v) is 3.14. The lowest BCUT2D eigenvalue weighted by Gasteiger charge is -2.39. The number of hydrogen-bond acceptors (Lipinski definition) is 4. The number of carbonyl (C=O) groups is 1. The molecule has 5 heteroatoms. The fraction of sp³-hybridized carbons (Fsp3) is 0.929. The van der Waals surface area contributed by atoms with Crippen LogP contribution in [0, 0.1) is 0 Å². The third-order valence-electron chi connectivity index (χ3n) is 4.32. The van der Waals surface area contributed by atoms with Gasteiger partial charge in [0.25, 0.3) is 0 Å². The number of ether oxygens (including phenoxy) is 1. The number of carbonyl (C=O) groups excluding carboxylic acids is 1. The lowest BCUT2D eigenvalue weighted by molar-refractivity contribution is -0.137. The van der Waals surface area contributed by atoms with Crippen LogP contribution in [0.25, 0.3) is 0 Å². The molecule has 2 saturated heterocycles. The Kier molecular flexibility index (Phi) is 5.60. The second-order valence-corrected chi connectivity index (χ2v) is 5.36. The summed E-state index contributed by atoms with van der Waals surface area (Å²) in [6, 6.07) is 0.522. The van der Waals surface area contributed by atoms with Crippen LogP contribution in [0.1, 0.15) is 26.7 Å². The molecule has 0 aromatic carbocycles. The second-order valence-electron chi connectivity index (χ2n) is 5.36. The van der Waals surface area contributed by atoms with Gasteiger partial charge in [-0.2, -0.15) is 0 Å². The molecule has 5 nitrogen and oxygen atoms in total. The predicted molar refractivity (Wildman–Crippen MR) is 75.1 cm³/mol. The Morgan fingerprint density at radius 2 is 2.00 bits per heavy atom. The van der Waals surface area contributed by atoms with E-state index in [9.17, 15) is 4.79 Å². The van der Waals surface area contributed by atoms with Crippen LogP contribution in [-0.4, -0.2) is 73.7 Å². The Hall–Kier alpha value is -0.650. The number of likely N-dealkylation sites (tertiary alicyclic amines) is 1. The number of nitrogens with zero attached hydrogens (tertiary/aromatic N) is 2. The van der Waals surface area contributed by atoms with Gasteiger partial charge in [-0.25, -0.2) is 0 Å². The van der Waals surface area contributed by atoms with Crippen LogP contribution in [0.15, 0.2) is 0 Å². The van der Waals surface area contributed by atoms with Crippen molar-refractivity contribution in [2.45, 2.75) is 38.8 Å². The summed E-state index contributed by atoms with van der Waals surface area (Å²) in [6.07, 6.45) is 2.20. The molecule has 1 unspecified atom stereocenters. The Morgan fingerprint density at radius 1 is 1.32 bits per heavy atom. The van der Waals surface area contributed by atoms with Crippen molar-refractivity contribution >= 4 is 5.91 Å². The number of amides is 1. The molecular weight excluding hydrogens is 242 g/mol. The van der Waals surface area contributed by atoms with Crippen LogP contribution in [0.5, 0.6) is 0 Å². The van der Waals surface area contributed by atoms with Crippen molar-refractivity contribution in [1.82, 2.24) is 15.1 Å². The third kappa shape index (κ3) is 3.68. The molecule has 1 atom stereocenters. The molecule has 0 aliphatic carbocycles. The lowest BCUT2D eigenvalue weighted by atomic mass is 10.0. The summed E-state index contributed by atoms with van der Waals surface area (Å²) < 4.78 is 5.37. The summed E-state index contributed by atoms with van der Waals surface area (Å²) in [5.41, 5.74) is 0. The van der Waals surface area contributed by atoms with Crippen LogP contribution in [0.2, 0.25) is 0 Å². The van der Waals surface area contributed by atoms with Crippen molar-refractivity contribution in [3.05, 3.63) is 0 Å². The number of piperidine rings is 1. The Labute approximate surface area is 116 Å². The number of rotatable bonds is 4. The summed E-state index contributed by atoms with van der Waals surface area (Å²) >= 11 is 0. The highest BCUT2D eigenvalue weighted by Crippen LogP contribution is 2.17. The van der Waals surface area contributed by atoms with Crippen molar-refractivity contribution in [3.63, 3.8) is 0 Å². The van der Waals surface area contributed by atoms with E-state index in [4.69, 9.17) is 4.74 Å². The van der Waals surface area contributed by atoms with Gasteiger partial charge >= 0.3 is 0 Å². The monoisotopic (exact) mass is 269 g/mol. The maximum Gasteiger partial charge on any atom is 0.242 e. The second kappa shape index (κ2) is 7.22. The molecule has 2 fully saturated rings. The van der Waals surface area contributed by atoms with E-state index in [0.29, 0.717) is 19.3 Å². The SMILES string of the molecule is CCN(CC)C1CCN(C(=O)C2COCCN2)CC1. The zero-order valence-electron chi connectivity index (χ0n) is 12.2. The van der Waals surface area contributed by atoms with Crippen LogP contribution in [0.4, 0.5) is 0 Å². The molecule has 0 saturated carbocycles. The lowest BCUT2D eigenvalue weighted by Crippen LogP contribution is -2.55. The summed E-state index contributed by atoms with van der Waals surface area (Å²) in [5.74, 6) is 0.220. The smallest absolute Gasteiger partial charge is 0.242 e. The van der Waals surface area contributed by atoms with Crippen LogP contribution >= 0.6 is 0 Å². The normalized spacial score (nSPS) is 25.8. The summed E-state index contributed by atoms with van der Waals surface area (Å²) in [7, 11) is 0. The highest BCUT2D eigenvalue weighted by Gasteiger charge is 2.30. The first-order valence-corrected chi connectivity index (χ1v) is 7.60. The molecule has 0 aromatic heterocycles. The standard InChI is InChI=1S/C14H27N3O2/c1-3-16(4-2)12-5-8-17(9-6-12)14(18)13-11-19-10-7-15-13/h12-13,15H,3-11H2,1-2H3. The molecule has 0 aromatic rings. The minimum Gasteiger partial charge on any atom is -0.378 e. The largest absolute Gasteiger partial charge is 0.378 e. The Morgan fingerprint density at radius 3 is 2.53 bits per heavy atom. The Balaban J connectivity index is 1.80. The first-order valence-electron chi connectivity index (χ1n) is 7.60. The van der Waals surface area contributed by atoms with Gasteiger partial charge in [-0.05, 0) is 25.9 Å². The molecule has 0 bridgehead atoms. The highest BCUT2D eigenvalue weighted by molar-refractivity contribution is 5.82. The van der Waals surface area contributed by atoms with Gasteiger partial charge in [-0.3, -0.25) is 4.79 Å². The van der Waals surface area contributed by atoms with Gasteiger partial charge in [-0.15, -0.1) is 0 Å². The maximum absolute atomic E-state index is 12.3. The molecule has 2 rings (SSSR count). The minimum absolute atomic E-state index is 0.126. The van der Waals surface area contributed by atoms with E-state index in [-0.39, 0.29) is 11.9 Å². The molecule has 2 aliphatic rings. The Bertz CT molecular complexity index is 280. The first-order chi connectivity index (χ1) is 9.26. The third-order valence-corrected chi connectivity index (χ3v) is 4.32. The fourth-order valence-electron chi connectivity index (χ4n) is 3.14. The molecule has 1 N–H and O–H groups in total. The molecular formula is C14H27N3O2. The molecule has 110 valence electrons. The van der Waals surface area contributed by atoms with Crippen molar-refractivity contribution in [1.29, 1.82) is 0 Å². The quantitative estimate of drug-likeness (QED) is 0.798. The summed E-state index contributed by atoms with van der Waals surface area (Å²) in [5, 5.41) is 3.25. The van der Waals surface area contributed by atoms with Gasteiger partial charge in [0.05, 0.1) is 13.2 Å². The highest BCUT2D eigenvalue weighted by atomic mass is 16.5. The average Bonchev–Trinajstić information content (AvgIpc) is 2.49. The average molecular weight is 269 g/mol. The predicted octanol–water partition coefficient (Wildman–Crippen LogP) is 0.308. The number of morpholine rings is 1.